The van der Waals surface area contributed by atoms with Crippen molar-refractivity contribution in [3.05, 3.63) is 23.8 Å². The Balaban J connectivity index is 2.02. The third kappa shape index (κ3) is 3.03. The second-order valence-electron chi connectivity index (χ2n) is 5.10. The summed E-state index contributed by atoms with van der Waals surface area (Å²) in [6, 6.07) is 0. The van der Waals surface area contributed by atoms with Crippen molar-refractivity contribution < 1.29 is 18.0 Å². The van der Waals surface area contributed by atoms with Crippen LogP contribution in [0.25, 0.3) is 0 Å². The van der Waals surface area contributed by atoms with Crippen LogP contribution in [0.5, 0.6) is 0 Å². The van der Waals surface area contributed by atoms with Crippen molar-refractivity contribution in [2.24, 2.45) is 11.8 Å². The van der Waals surface area contributed by atoms with E-state index in [1.54, 1.807) is 6.08 Å². The summed E-state index contributed by atoms with van der Waals surface area (Å²) in [7, 11) is 0. The number of rotatable bonds is 2. The molecule has 0 aromatic heterocycles. The third-order valence-corrected chi connectivity index (χ3v) is 3.79. The zero-order valence-electron chi connectivity index (χ0n) is 10.2. The van der Waals surface area contributed by atoms with Crippen LogP contribution in [0.4, 0.5) is 13.2 Å². The molecule has 2 aliphatic rings. The SMILES string of the molecule is O=C(C1=CCCC(C(F)(F)F)C1)C1CC=CCC1. The van der Waals surface area contributed by atoms with Gasteiger partial charge in [-0.15, -0.1) is 0 Å². The maximum Gasteiger partial charge on any atom is 0.392 e. The molecule has 0 bridgehead atoms. The molecule has 0 aliphatic heterocycles. The maximum absolute atomic E-state index is 12.7. The van der Waals surface area contributed by atoms with Crippen LogP contribution in [0.1, 0.15) is 38.5 Å². The Morgan fingerprint density at radius 1 is 1.17 bits per heavy atom. The molecule has 2 rings (SSSR count). The topological polar surface area (TPSA) is 17.1 Å². The summed E-state index contributed by atoms with van der Waals surface area (Å²) in [5.41, 5.74) is 0.406. The van der Waals surface area contributed by atoms with Crippen LogP contribution in [0.3, 0.4) is 0 Å². The van der Waals surface area contributed by atoms with E-state index in [0.717, 1.165) is 12.8 Å². The Morgan fingerprint density at radius 3 is 2.56 bits per heavy atom. The van der Waals surface area contributed by atoms with Crippen molar-refractivity contribution >= 4 is 5.78 Å². The molecular weight excluding hydrogens is 241 g/mol. The first kappa shape index (κ1) is 13.4. The van der Waals surface area contributed by atoms with Gasteiger partial charge >= 0.3 is 6.18 Å². The summed E-state index contributed by atoms with van der Waals surface area (Å²) in [5, 5.41) is 0. The van der Waals surface area contributed by atoms with Crippen molar-refractivity contribution in [2.45, 2.75) is 44.7 Å². The number of ketones is 1. The number of Topliss-reactive ketones (excluding diaryl/α,β-unsaturated/α-hetero) is 1. The van der Waals surface area contributed by atoms with E-state index in [1.165, 1.54) is 0 Å². The minimum atomic E-state index is -4.17. The summed E-state index contributed by atoms with van der Waals surface area (Å²) in [5.74, 6) is -1.50. The van der Waals surface area contributed by atoms with E-state index in [2.05, 4.69) is 0 Å². The predicted octanol–water partition coefficient (Wildman–Crippen LogP) is 4.20. The predicted molar refractivity (Wildman–Crippen MR) is 63.0 cm³/mol. The van der Waals surface area contributed by atoms with Gasteiger partial charge in [0.1, 0.15) is 0 Å². The highest BCUT2D eigenvalue weighted by Crippen LogP contribution is 2.39. The highest BCUT2D eigenvalue weighted by atomic mass is 19.4. The largest absolute Gasteiger partial charge is 0.392 e. The average molecular weight is 258 g/mol. The average Bonchev–Trinajstić information content (AvgIpc) is 2.38. The lowest BCUT2D eigenvalue weighted by Gasteiger charge is -2.26. The van der Waals surface area contributed by atoms with Crippen LogP contribution >= 0.6 is 0 Å². The standard InChI is InChI=1S/C14H17F3O/c15-14(16,17)12-8-4-7-11(9-12)13(18)10-5-2-1-3-6-10/h1-2,7,10,12H,3-6,8-9H2. The van der Waals surface area contributed by atoms with Gasteiger partial charge in [-0.1, -0.05) is 18.2 Å². The first-order chi connectivity index (χ1) is 8.48. The molecule has 0 saturated heterocycles. The van der Waals surface area contributed by atoms with Crippen LogP contribution in [-0.2, 0) is 4.79 Å². The molecule has 2 atom stereocenters. The Labute approximate surface area is 105 Å². The summed E-state index contributed by atoms with van der Waals surface area (Å²) in [6.07, 6.45) is 4.17. The molecule has 18 heavy (non-hydrogen) atoms. The summed E-state index contributed by atoms with van der Waals surface area (Å²) < 4.78 is 38.0. The van der Waals surface area contributed by atoms with Gasteiger partial charge in [-0.25, -0.2) is 0 Å². The van der Waals surface area contributed by atoms with Gasteiger partial charge in [0.25, 0.3) is 0 Å². The molecule has 2 aliphatic carbocycles. The van der Waals surface area contributed by atoms with Gasteiger partial charge in [0.15, 0.2) is 5.78 Å². The van der Waals surface area contributed by atoms with Gasteiger partial charge in [0.05, 0.1) is 5.92 Å². The zero-order valence-corrected chi connectivity index (χ0v) is 10.2. The van der Waals surface area contributed by atoms with Crippen LogP contribution in [0.15, 0.2) is 23.8 Å². The van der Waals surface area contributed by atoms with Crippen molar-refractivity contribution in [1.29, 1.82) is 0 Å². The van der Waals surface area contributed by atoms with Crippen LogP contribution in [0.2, 0.25) is 0 Å². The van der Waals surface area contributed by atoms with Gasteiger partial charge in [0, 0.05) is 5.92 Å². The van der Waals surface area contributed by atoms with E-state index in [0.29, 0.717) is 18.4 Å². The normalized spacial score (nSPS) is 28.9. The van der Waals surface area contributed by atoms with E-state index in [9.17, 15) is 18.0 Å². The first-order valence-electron chi connectivity index (χ1n) is 6.43. The summed E-state index contributed by atoms with van der Waals surface area (Å²) in [6.45, 7) is 0. The lowest BCUT2D eigenvalue weighted by molar-refractivity contribution is -0.176. The molecule has 0 heterocycles. The van der Waals surface area contributed by atoms with Crippen molar-refractivity contribution in [3.63, 3.8) is 0 Å². The minimum Gasteiger partial charge on any atom is -0.294 e. The van der Waals surface area contributed by atoms with Gasteiger partial charge < -0.3 is 0 Å². The molecule has 4 heteroatoms. The second kappa shape index (κ2) is 5.29. The Morgan fingerprint density at radius 2 is 1.94 bits per heavy atom. The number of carbonyl (C=O) groups excluding carboxylic acids is 1. The van der Waals surface area contributed by atoms with E-state index in [4.69, 9.17) is 0 Å². The molecule has 0 spiro atoms. The van der Waals surface area contributed by atoms with Gasteiger partial charge in [-0.05, 0) is 44.1 Å². The molecule has 0 N–H and O–H groups in total. The lowest BCUT2D eigenvalue weighted by atomic mass is 9.80. The molecule has 100 valence electrons. The maximum atomic E-state index is 12.7. The van der Waals surface area contributed by atoms with Crippen LogP contribution in [0, 0.1) is 11.8 Å². The highest BCUT2D eigenvalue weighted by Gasteiger charge is 2.41. The molecule has 0 amide bonds. The lowest BCUT2D eigenvalue weighted by Crippen LogP contribution is -2.28. The molecule has 1 nitrogen and oxygen atoms in total. The molecule has 0 fully saturated rings. The zero-order chi connectivity index (χ0) is 13.2. The molecule has 0 aromatic carbocycles. The number of halogens is 3. The van der Waals surface area contributed by atoms with E-state index in [1.807, 2.05) is 12.2 Å². The first-order valence-corrected chi connectivity index (χ1v) is 6.43. The minimum absolute atomic E-state index is 0.0618. The smallest absolute Gasteiger partial charge is 0.294 e. The molecule has 0 aromatic rings. The summed E-state index contributed by atoms with van der Waals surface area (Å²) >= 11 is 0. The number of allylic oxidation sites excluding steroid dienone is 4. The van der Waals surface area contributed by atoms with Crippen LogP contribution < -0.4 is 0 Å². The third-order valence-electron chi connectivity index (χ3n) is 3.79. The molecule has 0 radical (unpaired) electrons. The molecule has 2 unspecified atom stereocenters. The van der Waals surface area contributed by atoms with Crippen molar-refractivity contribution in [2.75, 3.05) is 0 Å². The molecule has 0 saturated carbocycles. The number of hydrogen-bond donors (Lipinski definition) is 0. The quantitative estimate of drug-likeness (QED) is 0.678. The Kier molecular flexibility index (Phi) is 3.93. The Bertz CT molecular complexity index is 379. The number of carbonyl (C=O) groups is 1. The molecular formula is C14H17F3O. The highest BCUT2D eigenvalue weighted by molar-refractivity contribution is 5.97. The fourth-order valence-corrected chi connectivity index (χ4v) is 2.68. The van der Waals surface area contributed by atoms with Gasteiger partial charge in [-0.3, -0.25) is 4.79 Å². The van der Waals surface area contributed by atoms with Gasteiger partial charge in [-0.2, -0.15) is 13.2 Å². The number of alkyl halides is 3. The van der Waals surface area contributed by atoms with Crippen LogP contribution in [-0.4, -0.2) is 12.0 Å². The van der Waals surface area contributed by atoms with Crippen molar-refractivity contribution in [1.82, 2.24) is 0 Å². The fraction of sp³-hybridized carbons (Fsp3) is 0.643. The summed E-state index contributed by atoms with van der Waals surface area (Å²) in [4.78, 5) is 12.2. The van der Waals surface area contributed by atoms with E-state index >= 15 is 0 Å². The fourth-order valence-electron chi connectivity index (χ4n) is 2.68. The van der Waals surface area contributed by atoms with E-state index < -0.39 is 12.1 Å². The van der Waals surface area contributed by atoms with Crippen molar-refractivity contribution in [3.8, 4) is 0 Å². The monoisotopic (exact) mass is 258 g/mol. The van der Waals surface area contributed by atoms with E-state index in [-0.39, 0.29) is 24.5 Å². The number of hydrogen-bond acceptors (Lipinski definition) is 1. The second-order valence-corrected chi connectivity index (χ2v) is 5.10. The van der Waals surface area contributed by atoms with Gasteiger partial charge in [0.2, 0.25) is 0 Å². The Hall–Kier alpha value is -1.06.